The van der Waals surface area contributed by atoms with Crippen LogP contribution in [0.2, 0.25) is 0 Å². The zero-order valence-corrected chi connectivity index (χ0v) is 23.3. The lowest BCUT2D eigenvalue weighted by atomic mass is 9.86. The number of aromatic nitrogens is 2. The van der Waals surface area contributed by atoms with Crippen LogP contribution in [0.15, 0.2) is 55.4 Å². The van der Waals surface area contributed by atoms with E-state index in [-0.39, 0.29) is 6.04 Å². The maximum Gasteiger partial charge on any atom is 0.158 e. The second kappa shape index (κ2) is 13.1. The van der Waals surface area contributed by atoms with Crippen LogP contribution in [-0.2, 0) is 13.1 Å². The molecule has 208 valence electrons. The third-order valence-electron chi connectivity index (χ3n) is 7.26. The molecule has 4 rings (SSSR count). The van der Waals surface area contributed by atoms with E-state index < -0.39 is 0 Å². The Morgan fingerprint density at radius 3 is 2.08 bits per heavy atom. The fourth-order valence-electron chi connectivity index (χ4n) is 5.10. The van der Waals surface area contributed by atoms with Crippen LogP contribution in [0.1, 0.15) is 36.8 Å². The van der Waals surface area contributed by atoms with E-state index in [0.29, 0.717) is 47.8 Å². The van der Waals surface area contributed by atoms with E-state index in [1.807, 2.05) is 36.4 Å². The number of rotatable bonds is 12. The van der Waals surface area contributed by atoms with Crippen molar-refractivity contribution in [1.82, 2.24) is 9.97 Å². The van der Waals surface area contributed by atoms with E-state index in [2.05, 4.69) is 32.8 Å². The van der Waals surface area contributed by atoms with Crippen molar-refractivity contribution in [3.8, 4) is 23.0 Å². The Labute approximate surface area is 231 Å². The largest absolute Gasteiger partial charge is 0.497 e. The summed E-state index contributed by atoms with van der Waals surface area (Å²) in [5.41, 5.74) is 9.17. The number of allylic oxidation sites excluding steroid dienone is 1. The molecule has 1 heterocycles. The minimum absolute atomic E-state index is 0.281. The molecule has 1 saturated carbocycles. The Balaban J connectivity index is 1.70. The third kappa shape index (κ3) is 6.66. The number of nitrogens with two attached hydrogens (primary N) is 1. The summed E-state index contributed by atoms with van der Waals surface area (Å²) in [5, 5.41) is 3.58. The Morgan fingerprint density at radius 1 is 0.923 bits per heavy atom. The Hall–Kier alpha value is -4.14. The molecule has 0 bridgehead atoms. The number of anilines is 3. The van der Waals surface area contributed by atoms with Gasteiger partial charge in [0.25, 0.3) is 0 Å². The topological polar surface area (TPSA) is 104 Å². The molecule has 0 amide bonds. The average Bonchev–Trinajstić information content (AvgIpc) is 2.98. The molecule has 0 aliphatic heterocycles. The summed E-state index contributed by atoms with van der Waals surface area (Å²) >= 11 is 0. The summed E-state index contributed by atoms with van der Waals surface area (Å²) in [6.45, 7) is 4.94. The van der Waals surface area contributed by atoms with Crippen molar-refractivity contribution in [3.63, 3.8) is 0 Å². The molecule has 1 fully saturated rings. The number of nitrogens with one attached hydrogen (secondary N) is 1. The Morgan fingerprint density at radius 2 is 1.54 bits per heavy atom. The maximum atomic E-state index is 6.76. The molecule has 3 aromatic rings. The fourth-order valence-corrected chi connectivity index (χ4v) is 5.10. The van der Waals surface area contributed by atoms with Crippen molar-refractivity contribution in [3.05, 3.63) is 66.5 Å². The van der Waals surface area contributed by atoms with Gasteiger partial charge in [-0.25, -0.2) is 9.97 Å². The van der Waals surface area contributed by atoms with Crippen molar-refractivity contribution in [2.45, 2.75) is 44.8 Å². The van der Waals surface area contributed by atoms with Crippen molar-refractivity contribution in [2.75, 3.05) is 44.4 Å². The minimum Gasteiger partial charge on any atom is -0.497 e. The van der Waals surface area contributed by atoms with Gasteiger partial charge in [-0.15, -0.1) is 6.58 Å². The summed E-state index contributed by atoms with van der Waals surface area (Å²) < 4.78 is 22.2. The predicted octanol–water partition coefficient (Wildman–Crippen LogP) is 5.46. The van der Waals surface area contributed by atoms with Crippen molar-refractivity contribution < 1.29 is 18.9 Å². The molecule has 1 aromatic heterocycles. The molecular formula is C30H39N5O4. The fraction of sp³-hybridized carbons (Fsp3) is 0.400. The molecule has 3 N–H and O–H groups in total. The van der Waals surface area contributed by atoms with Crippen molar-refractivity contribution >= 4 is 17.3 Å². The predicted molar refractivity (Wildman–Crippen MR) is 155 cm³/mol. The average molecular weight is 534 g/mol. The third-order valence-corrected chi connectivity index (χ3v) is 7.26. The van der Waals surface area contributed by atoms with E-state index in [4.69, 9.17) is 24.7 Å². The van der Waals surface area contributed by atoms with E-state index in [9.17, 15) is 0 Å². The quantitative estimate of drug-likeness (QED) is 0.294. The SMILES string of the molecule is C=CC1CCCC(Nc2ncnc(N(Cc3ccc(OC)cc3OC)Cc3ccc(OC)cc3OC)c2N)C1. The first kappa shape index (κ1) is 27.9. The molecular weight excluding hydrogens is 494 g/mol. The van der Waals surface area contributed by atoms with Gasteiger partial charge in [0.15, 0.2) is 11.6 Å². The lowest BCUT2D eigenvalue weighted by Gasteiger charge is -2.30. The summed E-state index contributed by atoms with van der Waals surface area (Å²) in [6, 6.07) is 11.8. The maximum absolute atomic E-state index is 6.76. The molecule has 1 aliphatic rings. The van der Waals surface area contributed by atoms with Crippen LogP contribution < -0.4 is 34.9 Å². The molecule has 2 atom stereocenters. The van der Waals surface area contributed by atoms with Crippen molar-refractivity contribution in [1.29, 1.82) is 0 Å². The first-order valence-corrected chi connectivity index (χ1v) is 13.2. The lowest BCUT2D eigenvalue weighted by Crippen LogP contribution is -2.29. The number of ether oxygens (including phenoxy) is 4. The zero-order chi connectivity index (χ0) is 27.8. The molecule has 0 spiro atoms. The summed E-state index contributed by atoms with van der Waals surface area (Å²) in [4.78, 5) is 11.2. The number of benzene rings is 2. The number of nitrogens with zero attached hydrogens (tertiary/aromatic N) is 3. The lowest BCUT2D eigenvalue weighted by molar-refractivity contribution is 0.388. The van der Waals surface area contributed by atoms with Gasteiger partial charge in [-0.2, -0.15) is 0 Å². The Kier molecular flexibility index (Phi) is 9.35. The van der Waals surface area contributed by atoms with Gasteiger partial charge >= 0.3 is 0 Å². The molecule has 2 aromatic carbocycles. The van der Waals surface area contributed by atoms with E-state index in [0.717, 1.165) is 41.9 Å². The summed E-state index contributed by atoms with van der Waals surface area (Å²) in [6.07, 6.45) is 8.01. The van der Waals surface area contributed by atoms with Gasteiger partial charge in [-0.3, -0.25) is 0 Å². The molecule has 1 aliphatic carbocycles. The van der Waals surface area contributed by atoms with E-state index in [1.54, 1.807) is 34.8 Å². The highest BCUT2D eigenvalue weighted by Crippen LogP contribution is 2.35. The van der Waals surface area contributed by atoms with Crippen molar-refractivity contribution in [2.24, 2.45) is 5.92 Å². The minimum atomic E-state index is 0.281. The second-order valence-corrected chi connectivity index (χ2v) is 9.67. The highest BCUT2D eigenvalue weighted by Gasteiger charge is 2.24. The van der Waals surface area contributed by atoms with Crippen LogP contribution >= 0.6 is 0 Å². The number of hydrogen-bond donors (Lipinski definition) is 2. The van der Waals surface area contributed by atoms with Gasteiger partial charge in [0, 0.05) is 42.4 Å². The van der Waals surface area contributed by atoms with Crippen LogP contribution in [0.3, 0.4) is 0 Å². The Bertz CT molecular complexity index is 1210. The molecule has 0 saturated heterocycles. The summed E-state index contributed by atoms with van der Waals surface area (Å²) in [5.74, 6) is 4.63. The molecule has 0 radical (unpaired) electrons. The monoisotopic (exact) mass is 533 g/mol. The van der Waals surface area contributed by atoms with Crippen LogP contribution in [-0.4, -0.2) is 44.4 Å². The van der Waals surface area contributed by atoms with Gasteiger partial charge in [-0.1, -0.05) is 12.5 Å². The van der Waals surface area contributed by atoms with Crippen LogP contribution in [0.25, 0.3) is 0 Å². The molecule has 2 unspecified atom stereocenters. The molecule has 9 nitrogen and oxygen atoms in total. The van der Waals surface area contributed by atoms with Gasteiger partial charge < -0.3 is 34.9 Å². The van der Waals surface area contributed by atoms with Crippen LogP contribution in [0.5, 0.6) is 23.0 Å². The first-order valence-electron chi connectivity index (χ1n) is 13.2. The highest BCUT2D eigenvalue weighted by molar-refractivity contribution is 5.75. The van der Waals surface area contributed by atoms with E-state index >= 15 is 0 Å². The molecule has 9 heteroatoms. The standard InChI is InChI=1S/C30H39N5O4/c1-6-20-8-7-9-23(14-20)34-29-28(31)30(33-19-32-29)35(17-21-10-12-24(36-2)15-26(21)38-4)18-22-11-13-25(37-3)16-27(22)39-5/h6,10-13,15-16,19-20,23H,1,7-9,14,17-18,31H2,2-5H3,(H,32,33,34). The number of nitrogen functional groups attached to an aromatic ring is 1. The number of hydrogen-bond acceptors (Lipinski definition) is 9. The van der Waals surface area contributed by atoms with Gasteiger partial charge in [-0.05, 0) is 49.4 Å². The van der Waals surface area contributed by atoms with Gasteiger partial charge in [0.05, 0.1) is 28.4 Å². The smallest absolute Gasteiger partial charge is 0.158 e. The van der Waals surface area contributed by atoms with E-state index in [1.165, 1.54) is 6.42 Å². The van der Waals surface area contributed by atoms with Gasteiger partial charge in [0.2, 0.25) is 0 Å². The highest BCUT2D eigenvalue weighted by atomic mass is 16.5. The summed E-state index contributed by atoms with van der Waals surface area (Å²) in [7, 11) is 6.57. The van der Waals surface area contributed by atoms with Crippen LogP contribution in [0, 0.1) is 5.92 Å². The zero-order valence-electron chi connectivity index (χ0n) is 23.3. The first-order chi connectivity index (χ1) is 19.0. The molecule has 39 heavy (non-hydrogen) atoms. The van der Waals surface area contributed by atoms with Gasteiger partial charge in [0.1, 0.15) is 35.0 Å². The number of methoxy groups -OCH3 is 4. The second-order valence-electron chi connectivity index (χ2n) is 9.67. The normalized spacial score (nSPS) is 16.7. The van der Waals surface area contributed by atoms with Crippen LogP contribution in [0.4, 0.5) is 17.3 Å².